The maximum atomic E-state index is 5.40. The Labute approximate surface area is 123 Å². The number of rotatable bonds is 3. The Morgan fingerprint density at radius 3 is 2.60 bits per heavy atom. The molecule has 3 rings (SSSR count). The Bertz CT molecular complexity index is 742. The molecule has 0 N–H and O–H groups in total. The molecule has 0 fully saturated rings. The lowest BCUT2D eigenvalue weighted by molar-refractivity contribution is 0.367. The van der Waals surface area contributed by atoms with Gasteiger partial charge in [0.15, 0.2) is 16.2 Å². The molecule has 0 aromatic carbocycles. The summed E-state index contributed by atoms with van der Waals surface area (Å²) in [7, 11) is 0. The predicted molar refractivity (Wildman–Crippen MR) is 74.0 cm³/mol. The van der Waals surface area contributed by atoms with E-state index in [1.54, 1.807) is 12.1 Å². The summed E-state index contributed by atoms with van der Waals surface area (Å²) in [6, 6.07) is 3.54. The van der Waals surface area contributed by atoms with Crippen LogP contribution in [0.5, 0.6) is 0 Å². The van der Waals surface area contributed by atoms with Crippen LogP contribution in [0.4, 0.5) is 0 Å². The summed E-state index contributed by atoms with van der Waals surface area (Å²) >= 11 is 3.24. The van der Waals surface area contributed by atoms with Crippen molar-refractivity contribution in [3.8, 4) is 23.0 Å². The second-order valence-corrected chi connectivity index (χ2v) is 5.47. The van der Waals surface area contributed by atoms with E-state index in [4.69, 9.17) is 13.5 Å². The third-order valence-corrected chi connectivity index (χ3v) is 3.27. The smallest absolute Gasteiger partial charge is 0.263 e. The molecular formula is C13H12BrN3O3. The first kappa shape index (κ1) is 13.1. The summed E-state index contributed by atoms with van der Waals surface area (Å²) < 4.78 is 16.6. The Hall–Kier alpha value is -1.89. The highest BCUT2D eigenvalue weighted by Gasteiger charge is 2.23. The fourth-order valence-corrected chi connectivity index (χ4v) is 2.21. The van der Waals surface area contributed by atoms with E-state index in [0.717, 1.165) is 17.0 Å². The zero-order chi connectivity index (χ0) is 14.3. The lowest BCUT2D eigenvalue weighted by atomic mass is 10.1. The average Bonchev–Trinajstić information content (AvgIpc) is 3.07. The number of furan rings is 1. The minimum absolute atomic E-state index is 0.180. The fraction of sp³-hybridized carbons (Fsp3) is 0.308. The molecular weight excluding hydrogens is 326 g/mol. The van der Waals surface area contributed by atoms with Gasteiger partial charge < -0.3 is 13.5 Å². The number of nitrogens with zero attached hydrogens (tertiary/aromatic N) is 3. The molecule has 3 heterocycles. The van der Waals surface area contributed by atoms with Crippen LogP contribution in [0.25, 0.3) is 23.0 Å². The van der Waals surface area contributed by atoms with Crippen molar-refractivity contribution in [1.29, 1.82) is 0 Å². The summed E-state index contributed by atoms with van der Waals surface area (Å²) in [5.41, 5.74) is 1.48. The lowest BCUT2D eigenvalue weighted by Crippen LogP contribution is -1.89. The first-order valence-electron chi connectivity index (χ1n) is 6.12. The molecule has 0 spiro atoms. The normalized spacial score (nSPS) is 11.4. The Balaban J connectivity index is 2.04. The Morgan fingerprint density at radius 1 is 1.15 bits per heavy atom. The van der Waals surface area contributed by atoms with Crippen LogP contribution < -0.4 is 0 Å². The van der Waals surface area contributed by atoms with E-state index in [9.17, 15) is 0 Å². The Kier molecular flexibility index (Phi) is 3.21. The van der Waals surface area contributed by atoms with Crippen molar-refractivity contribution in [3.05, 3.63) is 28.3 Å². The van der Waals surface area contributed by atoms with Crippen molar-refractivity contribution < 1.29 is 13.5 Å². The van der Waals surface area contributed by atoms with E-state index in [2.05, 4.69) is 31.2 Å². The van der Waals surface area contributed by atoms with Crippen molar-refractivity contribution in [3.63, 3.8) is 0 Å². The first-order valence-corrected chi connectivity index (χ1v) is 6.91. The van der Waals surface area contributed by atoms with Crippen LogP contribution in [0.3, 0.4) is 0 Å². The Morgan fingerprint density at radius 2 is 1.95 bits per heavy atom. The summed E-state index contributed by atoms with van der Waals surface area (Å²) in [6.07, 6.45) is 0. The van der Waals surface area contributed by atoms with Gasteiger partial charge in [0.25, 0.3) is 5.89 Å². The number of aromatic nitrogens is 3. The molecule has 0 saturated heterocycles. The number of aryl methyl sites for hydroxylation is 1. The summed E-state index contributed by atoms with van der Waals surface area (Å²) in [5, 5.41) is 7.89. The van der Waals surface area contributed by atoms with Crippen molar-refractivity contribution >= 4 is 15.9 Å². The number of hydrogen-bond donors (Lipinski definition) is 0. The highest BCUT2D eigenvalue weighted by atomic mass is 79.9. The summed E-state index contributed by atoms with van der Waals surface area (Å²) in [4.78, 5) is 4.35. The molecule has 0 aliphatic carbocycles. The minimum Gasteiger partial charge on any atom is -0.446 e. The third kappa shape index (κ3) is 2.18. The van der Waals surface area contributed by atoms with Gasteiger partial charge in [-0.2, -0.15) is 4.98 Å². The van der Waals surface area contributed by atoms with Crippen LogP contribution >= 0.6 is 15.9 Å². The highest BCUT2D eigenvalue weighted by Crippen LogP contribution is 2.32. The SMILES string of the molecule is Cc1noc(C(C)C)c1-c1nc(-c2ccc(Br)o2)no1. The average molecular weight is 338 g/mol. The number of hydrogen-bond acceptors (Lipinski definition) is 6. The zero-order valence-corrected chi connectivity index (χ0v) is 12.8. The fourth-order valence-electron chi connectivity index (χ4n) is 1.90. The highest BCUT2D eigenvalue weighted by molar-refractivity contribution is 9.10. The molecule has 0 bridgehead atoms. The van der Waals surface area contributed by atoms with Crippen LogP contribution in [-0.2, 0) is 0 Å². The molecule has 3 aromatic rings. The standard InChI is InChI=1S/C13H12BrN3O3/c1-6(2)11-10(7(3)16-19-11)13-15-12(17-20-13)8-4-5-9(14)18-8/h4-6H,1-3H3. The van der Waals surface area contributed by atoms with Crippen LogP contribution in [-0.4, -0.2) is 15.3 Å². The van der Waals surface area contributed by atoms with Crippen LogP contribution in [0.2, 0.25) is 0 Å². The maximum absolute atomic E-state index is 5.40. The van der Waals surface area contributed by atoms with Gasteiger partial charge in [-0.3, -0.25) is 0 Å². The van der Waals surface area contributed by atoms with Gasteiger partial charge in [-0.25, -0.2) is 0 Å². The molecule has 0 saturated carbocycles. The van der Waals surface area contributed by atoms with Gasteiger partial charge in [0.2, 0.25) is 5.82 Å². The quantitative estimate of drug-likeness (QED) is 0.713. The van der Waals surface area contributed by atoms with E-state index in [0.29, 0.717) is 22.1 Å². The summed E-state index contributed by atoms with van der Waals surface area (Å²) in [5.74, 6) is 2.22. The van der Waals surface area contributed by atoms with Crippen LogP contribution in [0.15, 0.2) is 30.3 Å². The van der Waals surface area contributed by atoms with Crippen molar-refractivity contribution in [2.45, 2.75) is 26.7 Å². The molecule has 0 unspecified atom stereocenters. The minimum atomic E-state index is 0.180. The molecule has 0 atom stereocenters. The molecule has 0 aliphatic heterocycles. The molecule has 104 valence electrons. The van der Waals surface area contributed by atoms with Crippen molar-refractivity contribution in [2.75, 3.05) is 0 Å². The van der Waals surface area contributed by atoms with Gasteiger partial charge in [-0.15, -0.1) is 0 Å². The predicted octanol–water partition coefficient (Wildman–Crippen LogP) is 4.18. The first-order chi connectivity index (χ1) is 9.56. The molecule has 0 amide bonds. The monoisotopic (exact) mass is 337 g/mol. The van der Waals surface area contributed by atoms with Gasteiger partial charge in [-0.05, 0) is 35.0 Å². The third-order valence-electron chi connectivity index (χ3n) is 2.85. The van der Waals surface area contributed by atoms with Crippen molar-refractivity contribution in [2.24, 2.45) is 0 Å². The molecule has 20 heavy (non-hydrogen) atoms. The lowest BCUT2D eigenvalue weighted by Gasteiger charge is -1.99. The van der Waals surface area contributed by atoms with Crippen molar-refractivity contribution in [1.82, 2.24) is 15.3 Å². The number of halogens is 1. The molecule has 7 heteroatoms. The molecule has 3 aromatic heterocycles. The second-order valence-electron chi connectivity index (χ2n) is 4.69. The molecule has 0 aliphatic rings. The van der Waals surface area contributed by atoms with E-state index in [1.165, 1.54) is 0 Å². The summed E-state index contributed by atoms with van der Waals surface area (Å²) in [6.45, 7) is 5.88. The van der Waals surface area contributed by atoms with E-state index < -0.39 is 0 Å². The topological polar surface area (TPSA) is 78.1 Å². The van der Waals surface area contributed by atoms with Gasteiger partial charge >= 0.3 is 0 Å². The van der Waals surface area contributed by atoms with E-state index in [-0.39, 0.29) is 5.92 Å². The van der Waals surface area contributed by atoms with Gasteiger partial charge in [0.1, 0.15) is 5.56 Å². The van der Waals surface area contributed by atoms with Crippen LogP contribution in [0, 0.1) is 6.92 Å². The van der Waals surface area contributed by atoms with E-state index >= 15 is 0 Å². The molecule has 6 nitrogen and oxygen atoms in total. The largest absolute Gasteiger partial charge is 0.446 e. The van der Waals surface area contributed by atoms with Gasteiger partial charge in [-0.1, -0.05) is 24.2 Å². The van der Waals surface area contributed by atoms with E-state index in [1.807, 2.05) is 20.8 Å². The van der Waals surface area contributed by atoms with Gasteiger partial charge in [0, 0.05) is 5.92 Å². The second kappa shape index (κ2) is 4.90. The van der Waals surface area contributed by atoms with Gasteiger partial charge in [0.05, 0.1) is 5.69 Å². The van der Waals surface area contributed by atoms with Crippen LogP contribution in [0.1, 0.15) is 31.2 Å². The molecule has 0 radical (unpaired) electrons. The maximum Gasteiger partial charge on any atom is 0.263 e. The zero-order valence-electron chi connectivity index (χ0n) is 11.2.